The number of hydrogen-bond acceptors (Lipinski definition) is 5. The summed E-state index contributed by atoms with van der Waals surface area (Å²) in [5.74, 6) is -1.44. The minimum Gasteiger partial charge on any atom is -0.452 e. The van der Waals surface area contributed by atoms with E-state index < -0.39 is 18.0 Å². The van der Waals surface area contributed by atoms with Gasteiger partial charge in [0, 0.05) is 37.6 Å². The molecular weight excluding hydrogens is 372 g/mol. The molecule has 2 atom stereocenters. The zero-order valence-electron chi connectivity index (χ0n) is 15.2. The van der Waals surface area contributed by atoms with Crippen molar-refractivity contribution in [3.05, 3.63) is 34.9 Å². The SMILES string of the molecule is C[C@@H](OC(=O)[C@@H]1CC(=O)N(Cc2ccccc2Cl)C1)C(=O)N1CCOCC1. The van der Waals surface area contributed by atoms with Crippen LogP contribution in [0.25, 0.3) is 0 Å². The second kappa shape index (κ2) is 8.71. The number of hydrogen-bond donors (Lipinski definition) is 0. The van der Waals surface area contributed by atoms with Crippen LogP contribution in [0, 0.1) is 5.92 Å². The van der Waals surface area contributed by atoms with Gasteiger partial charge in [0.05, 0.1) is 19.1 Å². The molecule has 0 saturated carbocycles. The van der Waals surface area contributed by atoms with E-state index in [2.05, 4.69) is 0 Å². The highest BCUT2D eigenvalue weighted by molar-refractivity contribution is 6.31. The molecule has 0 N–H and O–H groups in total. The van der Waals surface area contributed by atoms with Gasteiger partial charge < -0.3 is 19.3 Å². The summed E-state index contributed by atoms with van der Waals surface area (Å²) in [6, 6.07) is 7.30. The lowest BCUT2D eigenvalue weighted by Crippen LogP contribution is -2.46. The van der Waals surface area contributed by atoms with Crippen LogP contribution in [0.2, 0.25) is 5.02 Å². The van der Waals surface area contributed by atoms with E-state index >= 15 is 0 Å². The number of likely N-dealkylation sites (tertiary alicyclic amines) is 1. The number of ether oxygens (including phenoxy) is 2. The van der Waals surface area contributed by atoms with E-state index in [-0.39, 0.29) is 24.8 Å². The Labute approximate surface area is 163 Å². The summed E-state index contributed by atoms with van der Waals surface area (Å²) in [6.45, 7) is 4.14. The first-order valence-electron chi connectivity index (χ1n) is 9.04. The summed E-state index contributed by atoms with van der Waals surface area (Å²) in [6.07, 6.45) is -0.787. The van der Waals surface area contributed by atoms with Crippen LogP contribution in [0.4, 0.5) is 0 Å². The van der Waals surface area contributed by atoms with Gasteiger partial charge in [-0.1, -0.05) is 29.8 Å². The second-order valence-electron chi connectivity index (χ2n) is 6.78. The summed E-state index contributed by atoms with van der Waals surface area (Å²) >= 11 is 6.15. The van der Waals surface area contributed by atoms with Crippen LogP contribution >= 0.6 is 11.6 Å². The van der Waals surface area contributed by atoms with E-state index in [1.54, 1.807) is 22.8 Å². The summed E-state index contributed by atoms with van der Waals surface area (Å²) in [7, 11) is 0. The first kappa shape index (κ1) is 19.6. The molecule has 2 amide bonds. The van der Waals surface area contributed by atoms with Crippen LogP contribution in [0.3, 0.4) is 0 Å². The lowest BCUT2D eigenvalue weighted by Gasteiger charge is -2.29. The molecular formula is C19H23ClN2O5. The van der Waals surface area contributed by atoms with Crippen molar-refractivity contribution in [3.8, 4) is 0 Å². The fourth-order valence-electron chi connectivity index (χ4n) is 3.28. The summed E-state index contributed by atoms with van der Waals surface area (Å²) in [5.41, 5.74) is 0.831. The summed E-state index contributed by atoms with van der Waals surface area (Å²) in [5, 5.41) is 0.584. The second-order valence-corrected chi connectivity index (χ2v) is 7.19. The molecule has 7 nitrogen and oxygen atoms in total. The Morgan fingerprint density at radius 2 is 2.00 bits per heavy atom. The number of nitrogens with zero attached hydrogens (tertiary/aromatic N) is 2. The van der Waals surface area contributed by atoms with E-state index in [4.69, 9.17) is 21.1 Å². The maximum absolute atomic E-state index is 12.4. The van der Waals surface area contributed by atoms with Gasteiger partial charge >= 0.3 is 5.97 Å². The van der Waals surface area contributed by atoms with Gasteiger partial charge in [-0.2, -0.15) is 0 Å². The minimum atomic E-state index is -0.872. The van der Waals surface area contributed by atoms with Gasteiger partial charge in [-0.3, -0.25) is 14.4 Å². The van der Waals surface area contributed by atoms with Crippen molar-refractivity contribution in [3.63, 3.8) is 0 Å². The first-order valence-corrected chi connectivity index (χ1v) is 9.41. The number of amides is 2. The fraction of sp³-hybridized carbons (Fsp3) is 0.526. The minimum absolute atomic E-state index is 0.0851. The van der Waals surface area contributed by atoms with Gasteiger partial charge in [0.1, 0.15) is 0 Å². The lowest BCUT2D eigenvalue weighted by molar-refractivity contribution is -0.163. The molecule has 0 spiro atoms. The fourth-order valence-corrected chi connectivity index (χ4v) is 3.47. The van der Waals surface area contributed by atoms with Crippen LogP contribution in [-0.2, 0) is 30.4 Å². The predicted molar refractivity (Wildman–Crippen MR) is 97.9 cm³/mol. The van der Waals surface area contributed by atoms with Gasteiger partial charge in [0.25, 0.3) is 5.91 Å². The van der Waals surface area contributed by atoms with Crippen molar-refractivity contribution < 1.29 is 23.9 Å². The van der Waals surface area contributed by atoms with Crippen LogP contribution in [0.1, 0.15) is 18.9 Å². The maximum Gasteiger partial charge on any atom is 0.312 e. The highest BCUT2D eigenvalue weighted by Crippen LogP contribution is 2.24. The van der Waals surface area contributed by atoms with Gasteiger partial charge in [0.15, 0.2) is 6.10 Å². The molecule has 2 fully saturated rings. The zero-order chi connectivity index (χ0) is 19.4. The average molecular weight is 395 g/mol. The van der Waals surface area contributed by atoms with E-state index in [9.17, 15) is 14.4 Å². The van der Waals surface area contributed by atoms with Gasteiger partial charge in [-0.15, -0.1) is 0 Å². The van der Waals surface area contributed by atoms with Crippen molar-refractivity contribution in [1.29, 1.82) is 0 Å². The Morgan fingerprint density at radius 1 is 1.30 bits per heavy atom. The number of halogens is 1. The summed E-state index contributed by atoms with van der Waals surface area (Å²) in [4.78, 5) is 40.3. The Hall–Kier alpha value is -2.12. The molecule has 3 rings (SSSR count). The van der Waals surface area contributed by atoms with Crippen LogP contribution in [-0.4, -0.2) is 66.5 Å². The molecule has 2 saturated heterocycles. The Balaban J connectivity index is 1.54. The molecule has 0 aliphatic carbocycles. The molecule has 0 bridgehead atoms. The van der Waals surface area contributed by atoms with Crippen LogP contribution < -0.4 is 0 Å². The third kappa shape index (κ3) is 4.78. The maximum atomic E-state index is 12.4. The molecule has 27 heavy (non-hydrogen) atoms. The normalized spacial score (nSPS) is 21.3. The van der Waals surface area contributed by atoms with E-state index in [0.29, 0.717) is 37.9 Å². The van der Waals surface area contributed by atoms with Gasteiger partial charge in [0.2, 0.25) is 5.91 Å². The molecule has 2 aliphatic rings. The predicted octanol–water partition coefficient (Wildman–Crippen LogP) is 1.48. The smallest absolute Gasteiger partial charge is 0.312 e. The van der Waals surface area contributed by atoms with Crippen LogP contribution in [0.5, 0.6) is 0 Å². The van der Waals surface area contributed by atoms with Crippen molar-refractivity contribution in [2.45, 2.75) is 26.0 Å². The molecule has 0 unspecified atom stereocenters. The molecule has 1 aromatic rings. The van der Waals surface area contributed by atoms with E-state index in [1.807, 2.05) is 18.2 Å². The molecule has 8 heteroatoms. The largest absolute Gasteiger partial charge is 0.452 e. The third-order valence-electron chi connectivity index (χ3n) is 4.83. The van der Waals surface area contributed by atoms with Gasteiger partial charge in [-0.25, -0.2) is 0 Å². The van der Waals surface area contributed by atoms with Crippen molar-refractivity contribution in [2.24, 2.45) is 5.92 Å². The summed E-state index contributed by atoms with van der Waals surface area (Å²) < 4.78 is 10.6. The number of carbonyl (C=O) groups excluding carboxylic acids is 3. The number of morpholine rings is 1. The van der Waals surface area contributed by atoms with Gasteiger partial charge in [-0.05, 0) is 18.6 Å². The molecule has 0 radical (unpaired) electrons. The highest BCUT2D eigenvalue weighted by Gasteiger charge is 2.37. The topological polar surface area (TPSA) is 76.2 Å². The average Bonchev–Trinajstić information content (AvgIpc) is 3.04. The van der Waals surface area contributed by atoms with Crippen LogP contribution in [0.15, 0.2) is 24.3 Å². The molecule has 2 heterocycles. The highest BCUT2D eigenvalue weighted by atomic mass is 35.5. The zero-order valence-corrected chi connectivity index (χ0v) is 16.0. The number of carbonyl (C=O) groups is 3. The van der Waals surface area contributed by atoms with Crippen molar-refractivity contribution >= 4 is 29.4 Å². The number of esters is 1. The first-order chi connectivity index (χ1) is 13.0. The molecule has 2 aliphatic heterocycles. The van der Waals surface area contributed by atoms with Crippen molar-refractivity contribution in [1.82, 2.24) is 9.80 Å². The number of rotatable bonds is 5. The van der Waals surface area contributed by atoms with E-state index in [0.717, 1.165) is 5.56 Å². The molecule has 146 valence electrons. The monoisotopic (exact) mass is 394 g/mol. The standard InChI is InChI=1S/C19H23ClN2O5/c1-13(18(24)21-6-8-26-9-7-21)27-19(25)15-10-17(23)22(12-15)11-14-4-2-3-5-16(14)20/h2-5,13,15H,6-12H2,1H3/t13-,15-/m1/s1. The van der Waals surface area contributed by atoms with Crippen molar-refractivity contribution in [2.75, 3.05) is 32.8 Å². The Kier molecular flexibility index (Phi) is 6.34. The number of benzene rings is 1. The molecule has 0 aromatic heterocycles. The van der Waals surface area contributed by atoms with E-state index in [1.165, 1.54) is 0 Å². The molecule has 1 aromatic carbocycles. The quantitative estimate of drug-likeness (QED) is 0.707. The lowest BCUT2D eigenvalue weighted by atomic mass is 10.1. The Bertz CT molecular complexity index is 720. The third-order valence-corrected chi connectivity index (χ3v) is 5.20. The Morgan fingerprint density at radius 3 is 2.70 bits per heavy atom.